The Kier molecular flexibility index (Phi) is 1.53. The fourth-order valence-electron chi connectivity index (χ4n) is 1.26. The first kappa shape index (κ1) is 7.84. The van der Waals surface area contributed by atoms with Crippen molar-refractivity contribution in [2.75, 3.05) is 0 Å². The number of aromatic nitrogens is 2. The highest BCUT2D eigenvalue weighted by Gasteiger charge is 2.25. The van der Waals surface area contributed by atoms with Gasteiger partial charge in [-0.05, 0) is 23.8 Å². The first-order chi connectivity index (χ1) is 5.57. The van der Waals surface area contributed by atoms with Gasteiger partial charge in [0.15, 0.2) is 0 Å². The summed E-state index contributed by atoms with van der Waals surface area (Å²) in [6.07, 6.45) is 6.81. The first-order valence-corrected chi connectivity index (χ1v) is 4.62. The lowest BCUT2D eigenvalue weighted by atomic mass is 9.90. The topological polar surface area (TPSA) is 17.8 Å². The number of hydrogen-bond acceptors (Lipinski definition) is 1. The van der Waals surface area contributed by atoms with Gasteiger partial charge in [0.1, 0.15) is 0 Å². The molecule has 1 aromatic heterocycles. The van der Waals surface area contributed by atoms with Gasteiger partial charge in [-0.25, -0.2) is 0 Å². The van der Waals surface area contributed by atoms with Crippen molar-refractivity contribution in [3.63, 3.8) is 0 Å². The third-order valence-electron chi connectivity index (χ3n) is 2.39. The molecule has 0 aromatic carbocycles. The van der Waals surface area contributed by atoms with Crippen LogP contribution >= 0.6 is 0 Å². The molecule has 1 saturated carbocycles. The van der Waals surface area contributed by atoms with Gasteiger partial charge in [0.25, 0.3) is 0 Å². The molecule has 2 heteroatoms. The molecule has 1 aromatic rings. The van der Waals surface area contributed by atoms with Crippen molar-refractivity contribution < 1.29 is 0 Å². The van der Waals surface area contributed by atoms with Crippen molar-refractivity contribution >= 4 is 0 Å². The highest BCUT2D eigenvalue weighted by molar-refractivity contribution is 5.15. The number of nitrogens with zero attached hydrogens (tertiary/aromatic N) is 2. The third-order valence-corrected chi connectivity index (χ3v) is 2.39. The fraction of sp³-hybridized carbons (Fsp3) is 0.700. The second-order valence-corrected chi connectivity index (χ2v) is 4.69. The molecule has 0 unspecified atom stereocenters. The molecule has 0 atom stereocenters. The fourth-order valence-corrected chi connectivity index (χ4v) is 1.26. The van der Waals surface area contributed by atoms with Gasteiger partial charge in [0.2, 0.25) is 0 Å². The van der Waals surface area contributed by atoms with Crippen LogP contribution in [0.4, 0.5) is 0 Å². The van der Waals surface area contributed by atoms with Gasteiger partial charge in [-0.15, -0.1) is 0 Å². The minimum absolute atomic E-state index is 0.243. The average Bonchev–Trinajstić information content (AvgIpc) is 2.66. The van der Waals surface area contributed by atoms with Crippen LogP contribution in [0, 0.1) is 0 Å². The van der Waals surface area contributed by atoms with E-state index < -0.39 is 0 Å². The molecule has 1 fully saturated rings. The molecule has 0 aliphatic heterocycles. The monoisotopic (exact) mass is 164 g/mol. The molecule has 0 amide bonds. The summed E-state index contributed by atoms with van der Waals surface area (Å²) >= 11 is 0. The summed E-state index contributed by atoms with van der Waals surface area (Å²) in [5.74, 6) is 0. The van der Waals surface area contributed by atoms with Crippen molar-refractivity contribution in [3.05, 3.63) is 18.0 Å². The Balaban J connectivity index is 2.23. The van der Waals surface area contributed by atoms with E-state index >= 15 is 0 Å². The number of rotatable bonds is 1. The van der Waals surface area contributed by atoms with Crippen molar-refractivity contribution in [2.24, 2.45) is 0 Å². The zero-order valence-electron chi connectivity index (χ0n) is 8.04. The second-order valence-electron chi connectivity index (χ2n) is 4.69. The molecule has 0 saturated heterocycles. The van der Waals surface area contributed by atoms with Gasteiger partial charge in [0, 0.05) is 6.20 Å². The average molecular weight is 164 g/mol. The van der Waals surface area contributed by atoms with Crippen molar-refractivity contribution in [1.82, 2.24) is 9.78 Å². The minimum atomic E-state index is 0.243. The van der Waals surface area contributed by atoms with Gasteiger partial charge in [-0.1, -0.05) is 20.8 Å². The first-order valence-electron chi connectivity index (χ1n) is 4.62. The van der Waals surface area contributed by atoms with Crippen LogP contribution < -0.4 is 0 Å². The summed E-state index contributed by atoms with van der Waals surface area (Å²) in [5.41, 5.74) is 1.59. The van der Waals surface area contributed by atoms with Crippen LogP contribution in [0.15, 0.2) is 12.4 Å². The van der Waals surface area contributed by atoms with Gasteiger partial charge in [0.05, 0.1) is 12.2 Å². The minimum Gasteiger partial charge on any atom is -0.269 e. The van der Waals surface area contributed by atoms with E-state index in [1.54, 1.807) is 0 Å². The Morgan fingerprint density at radius 1 is 1.42 bits per heavy atom. The van der Waals surface area contributed by atoms with Crippen LogP contribution in [0.3, 0.4) is 0 Å². The van der Waals surface area contributed by atoms with Crippen LogP contribution in [0.1, 0.15) is 45.2 Å². The Labute approximate surface area is 73.6 Å². The van der Waals surface area contributed by atoms with Crippen LogP contribution in [0.25, 0.3) is 0 Å². The summed E-state index contributed by atoms with van der Waals surface area (Å²) in [7, 11) is 0. The van der Waals surface area contributed by atoms with E-state index in [1.807, 2.05) is 6.20 Å². The Morgan fingerprint density at radius 2 is 2.08 bits per heavy atom. The molecule has 2 nitrogen and oxygen atoms in total. The zero-order valence-corrected chi connectivity index (χ0v) is 8.04. The smallest absolute Gasteiger partial charge is 0.0527 e. The van der Waals surface area contributed by atoms with Gasteiger partial charge in [-0.2, -0.15) is 5.10 Å². The molecule has 0 N–H and O–H groups in total. The quantitative estimate of drug-likeness (QED) is 0.623. The van der Waals surface area contributed by atoms with Crippen molar-refractivity contribution in [2.45, 2.75) is 45.1 Å². The molecule has 12 heavy (non-hydrogen) atoms. The predicted octanol–water partition coefficient (Wildman–Crippen LogP) is 2.52. The molecular weight excluding hydrogens is 148 g/mol. The largest absolute Gasteiger partial charge is 0.269 e. The Bertz CT molecular complexity index is 276. The lowest BCUT2D eigenvalue weighted by Crippen LogP contribution is -2.09. The summed E-state index contributed by atoms with van der Waals surface area (Å²) in [5, 5.41) is 4.36. The molecular formula is C10H16N2. The van der Waals surface area contributed by atoms with E-state index in [9.17, 15) is 0 Å². The second kappa shape index (κ2) is 2.35. The summed E-state index contributed by atoms with van der Waals surface area (Å²) in [6, 6.07) is 0.709. The van der Waals surface area contributed by atoms with Crippen LogP contribution in [0.2, 0.25) is 0 Å². The van der Waals surface area contributed by atoms with Crippen molar-refractivity contribution in [3.8, 4) is 0 Å². The lowest BCUT2D eigenvalue weighted by Gasteiger charge is -2.14. The summed E-state index contributed by atoms with van der Waals surface area (Å²) in [6.45, 7) is 6.67. The molecule has 0 bridgehead atoms. The van der Waals surface area contributed by atoms with Crippen LogP contribution in [-0.2, 0) is 5.41 Å². The van der Waals surface area contributed by atoms with E-state index in [4.69, 9.17) is 0 Å². The molecule has 2 rings (SSSR count). The molecule has 0 spiro atoms. The molecule has 66 valence electrons. The Hall–Kier alpha value is -0.790. The maximum atomic E-state index is 4.36. The van der Waals surface area contributed by atoms with E-state index in [2.05, 4.69) is 36.7 Å². The predicted molar refractivity (Wildman–Crippen MR) is 49.2 cm³/mol. The highest BCUT2D eigenvalue weighted by atomic mass is 15.3. The van der Waals surface area contributed by atoms with E-state index in [1.165, 1.54) is 18.4 Å². The maximum absolute atomic E-state index is 4.36. The Morgan fingerprint density at radius 3 is 2.50 bits per heavy atom. The van der Waals surface area contributed by atoms with E-state index in [0.717, 1.165) is 0 Å². The van der Waals surface area contributed by atoms with Gasteiger partial charge < -0.3 is 0 Å². The third kappa shape index (κ3) is 1.38. The van der Waals surface area contributed by atoms with E-state index in [0.29, 0.717) is 6.04 Å². The SMILES string of the molecule is CC(C)(C)c1cnn(C2CC2)c1. The molecule has 1 heterocycles. The standard InChI is InChI=1S/C10H16N2/c1-10(2,3)8-6-11-12(7-8)9-4-5-9/h6-7,9H,4-5H2,1-3H3. The van der Waals surface area contributed by atoms with Crippen molar-refractivity contribution in [1.29, 1.82) is 0 Å². The zero-order chi connectivity index (χ0) is 8.77. The highest BCUT2D eigenvalue weighted by Crippen LogP contribution is 2.35. The maximum Gasteiger partial charge on any atom is 0.0527 e. The number of hydrogen-bond donors (Lipinski definition) is 0. The molecule has 0 radical (unpaired) electrons. The van der Waals surface area contributed by atoms with E-state index in [-0.39, 0.29) is 5.41 Å². The van der Waals surface area contributed by atoms with Gasteiger partial charge in [-0.3, -0.25) is 4.68 Å². The van der Waals surface area contributed by atoms with Crippen LogP contribution in [-0.4, -0.2) is 9.78 Å². The summed E-state index contributed by atoms with van der Waals surface area (Å²) < 4.78 is 2.11. The normalized spacial score (nSPS) is 18.2. The van der Waals surface area contributed by atoms with Gasteiger partial charge >= 0.3 is 0 Å². The molecule has 1 aliphatic carbocycles. The summed E-state index contributed by atoms with van der Waals surface area (Å²) in [4.78, 5) is 0. The lowest BCUT2D eigenvalue weighted by molar-refractivity contribution is 0.585. The molecule has 1 aliphatic rings. The van der Waals surface area contributed by atoms with Crippen LogP contribution in [0.5, 0.6) is 0 Å².